The Bertz CT molecular complexity index is 557. The van der Waals surface area contributed by atoms with Gasteiger partial charge < -0.3 is 10.3 Å². The minimum absolute atomic E-state index is 0.254. The molecular formula is C16H24N4S. The molecule has 1 unspecified atom stereocenters. The lowest BCUT2D eigenvalue weighted by Gasteiger charge is -2.32. The normalized spacial score (nSPS) is 16.8. The molecule has 0 bridgehead atoms. The molecule has 1 aliphatic carbocycles. The second-order valence-corrected chi connectivity index (χ2v) is 7.09. The molecule has 1 fully saturated rings. The fourth-order valence-electron chi connectivity index (χ4n) is 2.91. The highest BCUT2D eigenvalue weighted by Crippen LogP contribution is 2.36. The summed E-state index contributed by atoms with van der Waals surface area (Å²) >= 11 is 1.83. The molecule has 2 heterocycles. The zero-order valence-electron chi connectivity index (χ0n) is 12.8. The van der Waals surface area contributed by atoms with Crippen molar-refractivity contribution in [3.8, 4) is 0 Å². The third-order valence-corrected chi connectivity index (χ3v) is 5.01. The summed E-state index contributed by atoms with van der Waals surface area (Å²) in [4.78, 5) is 8.34. The lowest BCUT2D eigenvalue weighted by molar-refractivity contribution is 0.175. The van der Waals surface area contributed by atoms with Gasteiger partial charge in [-0.25, -0.2) is 4.98 Å². The van der Waals surface area contributed by atoms with Crippen LogP contribution in [0.2, 0.25) is 0 Å². The van der Waals surface area contributed by atoms with Crippen LogP contribution in [0.1, 0.15) is 49.3 Å². The highest BCUT2D eigenvalue weighted by Gasteiger charge is 2.35. The van der Waals surface area contributed by atoms with Crippen LogP contribution in [0.15, 0.2) is 30.0 Å². The predicted molar refractivity (Wildman–Crippen MR) is 87.3 cm³/mol. The molecule has 0 radical (unpaired) electrons. The summed E-state index contributed by atoms with van der Waals surface area (Å²) in [6, 6.07) is 5.69. The summed E-state index contributed by atoms with van der Waals surface area (Å²) in [6.07, 6.45) is 6.50. The Labute approximate surface area is 130 Å². The van der Waals surface area contributed by atoms with Crippen LogP contribution in [-0.2, 0) is 6.54 Å². The quantitative estimate of drug-likeness (QED) is 0.854. The van der Waals surface area contributed by atoms with E-state index in [1.54, 1.807) is 0 Å². The van der Waals surface area contributed by atoms with E-state index in [9.17, 15) is 0 Å². The van der Waals surface area contributed by atoms with Gasteiger partial charge in [0.25, 0.3) is 0 Å². The number of nitrogens with zero attached hydrogens (tertiary/aromatic N) is 3. The van der Waals surface area contributed by atoms with Gasteiger partial charge in [-0.2, -0.15) is 0 Å². The van der Waals surface area contributed by atoms with E-state index in [4.69, 9.17) is 5.73 Å². The summed E-state index contributed by atoms with van der Waals surface area (Å²) in [5, 5.41) is 2.15. The van der Waals surface area contributed by atoms with Crippen LogP contribution in [0, 0.1) is 0 Å². The van der Waals surface area contributed by atoms with Gasteiger partial charge in [0.1, 0.15) is 0 Å². The van der Waals surface area contributed by atoms with E-state index in [2.05, 4.69) is 45.8 Å². The molecule has 21 heavy (non-hydrogen) atoms. The summed E-state index contributed by atoms with van der Waals surface area (Å²) in [5.74, 6) is 0. The Kier molecular flexibility index (Phi) is 4.42. The van der Waals surface area contributed by atoms with E-state index in [0.29, 0.717) is 18.6 Å². The minimum Gasteiger partial charge on any atom is -0.331 e. The Morgan fingerprint density at radius 3 is 2.86 bits per heavy atom. The number of aromatic nitrogens is 2. The average molecular weight is 304 g/mol. The minimum atomic E-state index is 0.254. The second kappa shape index (κ2) is 6.30. The van der Waals surface area contributed by atoms with E-state index in [1.807, 2.05) is 23.9 Å². The SMILES string of the molecule is CC(C)n1cncc1C(CN)N(Cc1cccs1)C1CC1. The summed E-state index contributed by atoms with van der Waals surface area (Å²) in [6.45, 7) is 6.02. The maximum Gasteiger partial charge on any atom is 0.0951 e. The number of nitrogens with two attached hydrogens (primary N) is 1. The van der Waals surface area contributed by atoms with Crippen molar-refractivity contribution in [3.05, 3.63) is 40.6 Å². The molecule has 0 saturated heterocycles. The third kappa shape index (κ3) is 3.20. The zero-order chi connectivity index (χ0) is 14.8. The predicted octanol–water partition coefficient (Wildman–Crippen LogP) is 3.19. The first-order chi connectivity index (χ1) is 10.2. The van der Waals surface area contributed by atoms with Crippen molar-refractivity contribution in [1.29, 1.82) is 0 Å². The smallest absolute Gasteiger partial charge is 0.0951 e. The monoisotopic (exact) mass is 304 g/mol. The second-order valence-electron chi connectivity index (χ2n) is 6.05. The first kappa shape index (κ1) is 14.8. The highest BCUT2D eigenvalue weighted by molar-refractivity contribution is 7.09. The average Bonchev–Trinajstić information content (AvgIpc) is 2.98. The highest BCUT2D eigenvalue weighted by atomic mass is 32.1. The fraction of sp³-hybridized carbons (Fsp3) is 0.562. The lowest BCUT2D eigenvalue weighted by atomic mass is 10.1. The molecule has 114 valence electrons. The maximum absolute atomic E-state index is 6.15. The van der Waals surface area contributed by atoms with Crippen LogP contribution in [0.3, 0.4) is 0 Å². The fourth-order valence-corrected chi connectivity index (χ4v) is 3.63. The van der Waals surface area contributed by atoms with Crippen LogP contribution in [0.4, 0.5) is 0 Å². The Morgan fingerprint density at radius 1 is 1.48 bits per heavy atom. The summed E-state index contributed by atoms with van der Waals surface area (Å²) < 4.78 is 2.25. The van der Waals surface area contributed by atoms with Gasteiger partial charge in [-0.1, -0.05) is 6.07 Å². The number of hydrogen-bond donors (Lipinski definition) is 1. The number of hydrogen-bond acceptors (Lipinski definition) is 4. The van der Waals surface area contributed by atoms with Crippen molar-refractivity contribution in [3.63, 3.8) is 0 Å². The summed E-state index contributed by atoms with van der Waals surface area (Å²) in [5.41, 5.74) is 7.40. The van der Waals surface area contributed by atoms with Crippen molar-refractivity contribution >= 4 is 11.3 Å². The first-order valence-electron chi connectivity index (χ1n) is 7.70. The van der Waals surface area contributed by atoms with Crippen LogP contribution in [-0.4, -0.2) is 27.0 Å². The van der Waals surface area contributed by atoms with E-state index >= 15 is 0 Å². The molecule has 0 amide bonds. The van der Waals surface area contributed by atoms with Crippen LogP contribution in [0.25, 0.3) is 0 Å². The number of thiophene rings is 1. The van der Waals surface area contributed by atoms with Crippen LogP contribution in [0.5, 0.6) is 0 Å². The molecule has 4 nitrogen and oxygen atoms in total. The maximum atomic E-state index is 6.15. The molecule has 2 aromatic heterocycles. The molecule has 0 aliphatic heterocycles. The Morgan fingerprint density at radius 2 is 2.29 bits per heavy atom. The van der Waals surface area contributed by atoms with Crippen LogP contribution < -0.4 is 5.73 Å². The van der Waals surface area contributed by atoms with Gasteiger partial charge >= 0.3 is 0 Å². The largest absolute Gasteiger partial charge is 0.331 e. The molecule has 0 spiro atoms. The van der Waals surface area contributed by atoms with Crippen molar-refractivity contribution in [2.45, 2.75) is 51.4 Å². The molecule has 1 saturated carbocycles. The van der Waals surface area contributed by atoms with Crippen molar-refractivity contribution in [2.75, 3.05) is 6.54 Å². The van der Waals surface area contributed by atoms with Crippen molar-refractivity contribution < 1.29 is 0 Å². The van der Waals surface area contributed by atoms with Gasteiger partial charge in [-0.05, 0) is 38.1 Å². The zero-order valence-corrected chi connectivity index (χ0v) is 13.6. The number of imidazole rings is 1. The van der Waals surface area contributed by atoms with Gasteiger partial charge in [0.05, 0.1) is 18.1 Å². The summed E-state index contributed by atoms with van der Waals surface area (Å²) in [7, 11) is 0. The molecule has 1 aliphatic rings. The molecule has 0 aromatic carbocycles. The van der Waals surface area contributed by atoms with Gasteiger partial charge in [0.2, 0.25) is 0 Å². The van der Waals surface area contributed by atoms with E-state index in [-0.39, 0.29) is 6.04 Å². The van der Waals surface area contributed by atoms with Crippen molar-refractivity contribution in [1.82, 2.24) is 14.5 Å². The first-order valence-corrected chi connectivity index (χ1v) is 8.58. The Balaban J connectivity index is 1.86. The molecule has 2 N–H and O–H groups in total. The van der Waals surface area contributed by atoms with Crippen LogP contribution >= 0.6 is 11.3 Å². The third-order valence-electron chi connectivity index (χ3n) is 4.15. The van der Waals surface area contributed by atoms with E-state index in [0.717, 1.165) is 6.54 Å². The standard InChI is InChI=1S/C16H24N4S/c1-12(2)20-11-18-9-16(20)15(8-17)19(13-5-6-13)10-14-4-3-7-21-14/h3-4,7,9,11-13,15H,5-6,8,10,17H2,1-2H3. The molecule has 3 rings (SSSR count). The Hall–Kier alpha value is -1.17. The van der Waals surface area contributed by atoms with Gasteiger partial charge in [-0.3, -0.25) is 4.90 Å². The molecule has 2 aromatic rings. The number of rotatable bonds is 7. The molecule has 1 atom stereocenters. The van der Waals surface area contributed by atoms with E-state index < -0.39 is 0 Å². The van der Waals surface area contributed by atoms with Crippen molar-refractivity contribution in [2.24, 2.45) is 5.73 Å². The molecule has 5 heteroatoms. The van der Waals surface area contributed by atoms with Gasteiger partial charge in [0, 0.05) is 36.2 Å². The van der Waals surface area contributed by atoms with E-state index in [1.165, 1.54) is 23.4 Å². The topological polar surface area (TPSA) is 47.1 Å². The lowest BCUT2D eigenvalue weighted by Crippen LogP contribution is -2.36. The van der Waals surface area contributed by atoms with Gasteiger partial charge in [0.15, 0.2) is 0 Å². The van der Waals surface area contributed by atoms with Gasteiger partial charge in [-0.15, -0.1) is 11.3 Å². The molecular weight excluding hydrogens is 280 g/mol.